The first-order valence-corrected chi connectivity index (χ1v) is 9.29. The van der Waals surface area contributed by atoms with Gasteiger partial charge in [-0.1, -0.05) is 42.4 Å². The van der Waals surface area contributed by atoms with Crippen molar-refractivity contribution in [3.05, 3.63) is 58.8 Å². The third-order valence-electron chi connectivity index (χ3n) is 4.06. The Hall–Kier alpha value is -2.47. The molecule has 130 valence electrons. The molecule has 1 amide bonds. The topological polar surface area (TPSA) is 59.2 Å². The van der Waals surface area contributed by atoms with E-state index in [9.17, 15) is 4.79 Å². The van der Waals surface area contributed by atoms with Gasteiger partial charge in [-0.05, 0) is 35.9 Å². The van der Waals surface area contributed by atoms with Crippen molar-refractivity contribution < 1.29 is 9.32 Å². The minimum atomic E-state index is 0.0580. The van der Waals surface area contributed by atoms with Gasteiger partial charge in [0.25, 0.3) is 0 Å². The Kier molecular flexibility index (Phi) is 5.60. The fourth-order valence-electron chi connectivity index (χ4n) is 2.54. The molecule has 0 N–H and O–H groups in total. The van der Waals surface area contributed by atoms with Crippen LogP contribution in [0.15, 0.2) is 46.3 Å². The SMILES string of the molecule is CCc1ccc(CC(=O)N(CC)Cc2nc(-c3cccs3)no2)cc1. The number of nitrogens with zero attached hydrogens (tertiary/aromatic N) is 3. The quantitative estimate of drug-likeness (QED) is 0.644. The van der Waals surface area contributed by atoms with Gasteiger partial charge in [-0.2, -0.15) is 4.98 Å². The molecule has 0 aliphatic carbocycles. The summed E-state index contributed by atoms with van der Waals surface area (Å²) in [6.07, 6.45) is 1.38. The van der Waals surface area contributed by atoms with Gasteiger partial charge in [0.1, 0.15) is 0 Å². The first-order valence-electron chi connectivity index (χ1n) is 8.41. The van der Waals surface area contributed by atoms with E-state index >= 15 is 0 Å². The van der Waals surface area contributed by atoms with E-state index in [0.29, 0.717) is 31.2 Å². The molecular formula is C19H21N3O2S. The van der Waals surface area contributed by atoms with Crippen molar-refractivity contribution in [2.75, 3.05) is 6.54 Å². The fraction of sp³-hybridized carbons (Fsp3) is 0.316. The summed E-state index contributed by atoms with van der Waals surface area (Å²) in [6, 6.07) is 12.1. The summed E-state index contributed by atoms with van der Waals surface area (Å²) in [5, 5.41) is 5.96. The van der Waals surface area contributed by atoms with Crippen LogP contribution in [-0.4, -0.2) is 27.5 Å². The molecule has 0 saturated heterocycles. The van der Waals surface area contributed by atoms with Crippen molar-refractivity contribution in [1.29, 1.82) is 0 Å². The van der Waals surface area contributed by atoms with E-state index < -0.39 is 0 Å². The molecule has 0 spiro atoms. The van der Waals surface area contributed by atoms with Gasteiger partial charge in [-0.25, -0.2) is 0 Å². The molecule has 3 rings (SSSR count). The van der Waals surface area contributed by atoms with E-state index in [4.69, 9.17) is 4.52 Å². The highest BCUT2D eigenvalue weighted by atomic mass is 32.1. The Labute approximate surface area is 151 Å². The molecule has 0 saturated carbocycles. The normalized spacial score (nSPS) is 10.8. The van der Waals surface area contributed by atoms with Gasteiger partial charge in [0.05, 0.1) is 17.8 Å². The molecular weight excluding hydrogens is 334 g/mol. The molecule has 0 fully saturated rings. The van der Waals surface area contributed by atoms with E-state index in [1.165, 1.54) is 5.56 Å². The van der Waals surface area contributed by atoms with Crippen molar-refractivity contribution >= 4 is 17.2 Å². The number of rotatable bonds is 7. The summed E-state index contributed by atoms with van der Waals surface area (Å²) < 4.78 is 5.30. The highest BCUT2D eigenvalue weighted by Crippen LogP contribution is 2.21. The smallest absolute Gasteiger partial charge is 0.246 e. The molecule has 0 radical (unpaired) electrons. The molecule has 2 aromatic heterocycles. The van der Waals surface area contributed by atoms with E-state index in [0.717, 1.165) is 16.9 Å². The maximum absolute atomic E-state index is 12.6. The van der Waals surface area contributed by atoms with Crippen LogP contribution >= 0.6 is 11.3 Å². The second kappa shape index (κ2) is 8.07. The largest absolute Gasteiger partial charge is 0.337 e. The lowest BCUT2D eigenvalue weighted by atomic mass is 10.1. The first-order chi connectivity index (χ1) is 12.2. The highest BCUT2D eigenvalue weighted by molar-refractivity contribution is 7.13. The lowest BCUT2D eigenvalue weighted by molar-refractivity contribution is -0.131. The van der Waals surface area contributed by atoms with Gasteiger partial charge in [0, 0.05) is 6.54 Å². The van der Waals surface area contributed by atoms with Crippen LogP contribution in [0.4, 0.5) is 0 Å². The summed E-state index contributed by atoms with van der Waals surface area (Å²) >= 11 is 1.56. The standard InChI is InChI=1S/C19H21N3O2S/c1-3-14-7-9-15(10-8-14)12-18(23)22(4-2)13-17-20-19(21-24-17)16-6-5-11-25-16/h5-11H,3-4,12-13H2,1-2H3. The van der Waals surface area contributed by atoms with E-state index in [1.807, 2.05) is 36.6 Å². The third-order valence-corrected chi connectivity index (χ3v) is 4.92. The third kappa shape index (κ3) is 4.33. The van der Waals surface area contributed by atoms with E-state index in [2.05, 4.69) is 29.2 Å². The van der Waals surface area contributed by atoms with E-state index in [-0.39, 0.29) is 5.91 Å². The molecule has 5 nitrogen and oxygen atoms in total. The summed E-state index contributed by atoms with van der Waals surface area (Å²) in [5.41, 5.74) is 2.29. The highest BCUT2D eigenvalue weighted by Gasteiger charge is 2.17. The maximum Gasteiger partial charge on any atom is 0.246 e. The Balaban J connectivity index is 1.64. The number of hydrogen-bond donors (Lipinski definition) is 0. The minimum absolute atomic E-state index is 0.0580. The molecule has 0 bridgehead atoms. The monoisotopic (exact) mass is 355 g/mol. The van der Waals surface area contributed by atoms with Crippen LogP contribution in [-0.2, 0) is 24.2 Å². The lowest BCUT2D eigenvalue weighted by Gasteiger charge is -2.18. The molecule has 0 aliphatic rings. The number of carbonyl (C=O) groups excluding carboxylic acids is 1. The Morgan fingerprint density at radius 2 is 1.92 bits per heavy atom. The van der Waals surface area contributed by atoms with Crippen LogP contribution in [0, 0.1) is 0 Å². The number of aromatic nitrogens is 2. The molecule has 0 unspecified atom stereocenters. The average molecular weight is 355 g/mol. The Bertz CT molecular complexity index is 810. The number of amides is 1. The van der Waals surface area contributed by atoms with Crippen molar-refractivity contribution in [2.45, 2.75) is 33.2 Å². The van der Waals surface area contributed by atoms with Crippen molar-refractivity contribution in [3.8, 4) is 10.7 Å². The van der Waals surface area contributed by atoms with E-state index in [1.54, 1.807) is 16.2 Å². The van der Waals surface area contributed by atoms with Gasteiger partial charge in [-0.15, -0.1) is 11.3 Å². The van der Waals surface area contributed by atoms with Gasteiger partial charge in [-0.3, -0.25) is 4.79 Å². The summed E-state index contributed by atoms with van der Waals surface area (Å²) in [4.78, 5) is 19.7. The summed E-state index contributed by atoms with van der Waals surface area (Å²) in [7, 11) is 0. The summed E-state index contributed by atoms with van der Waals surface area (Å²) in [5.74, 6) is 1.09. The van der Waals surface area contributed by atoms with Crippen molar-refractivity contribution in [3.63, 3.8) is 0 Å². The number of hydrogen-bond acceptors (Lipinski definition) is 5. The predicted octanol–water partition coefficient (Wildman–Crippen LogP) is 3.95. The van der Waals surface area contributed by atoms with Crippen LogP contribution in [0.3, 0.4) is 0 Å². The number of thiophene rings is 1. The summed E-state index contributed by atoms with van der Waals surface area (Å²) in [6.45, 7) is 5.01. The van der Waals surface area contributed by atoms with Crippen molar-refractivity contribution in [2.24, 2.45) is 0 Å². The fourth-order valence-corrected chi connectivity index (χ4v) is 3.19. The molecule has 2 heterocycles. The average Bonchev–Trinajstić information content (AvgIpc) is 3.31. The molecule has 1 aromatic carbocycles. The maximum atomic E-state index is 12.6. The van der Waals surface area contributed by atoms with Crippen molar-refractivity contribution in [1.82, 2.24) is 15.0 Å². The zero-order valence-electron chi connectivity index (χ0n) is 14.4. The lowest BCUT2D eigenvalue weighted by Crippen LogP contribution is -2.31. The minimum Gasteiger partial charge on any atom is -0.337 e. The molecule has 6 heteroatoms. The molecule has 25 heavy (non-hydrogen) atoms. The zero-order chi connectivity index (χ0) is 17.6. The van der Waals surface area contributed by atoms with Crippen LogP contribution in [0.5, 0.6) is 0 Å². The number of carbonyl (C=O) groups is 1. The second-order valence-electron chi connectivity index (χ2n) is 5.74. The number of aryl methyl sites for hydroxylation is 1. The molecule has 0 atom stereocenters. The first kappa shape index (κ1) is 17.4. The van der Waals surface area contributed by atoms with Gasteiger partial charge >= 0.3 is 0 Å². The number of benzene rings is 1. The van der Waals surface area contributed by atoms with Crippen LogP contribution in [0.25, 0.3) is 10.7 Å². The van der Waals surface area contributed by atoms with Gasteiger partial charge in [0.15, 0.2) is 0 Å². The van der Waals surface area contributed by atoms with Crippen LogP contribution in [0.1, 0.15) is 30.9 Å². The van der Waals surface area contributed by atoms with Gasteiger partial charge < -0.3 is 9.42 Å². The van der Waals surface area contributed by atoms with Crippen LogP contribution in [0.2, 0.25) is 0 Å². The zero-order valence-corrected chi connectivity index (χ0v) is 15.3. The van der Waals surface area contributed by atoms with Crippen LogP contribution < -0.4 is 0 Å². The molecule has 3 aromatic rings. The van der Waals surface area contributed by atoms with Gasteiger partial charge in [0.2, 0.25) is 17.6 Å². The second-order valence-corrected chi connectivity index (χ2v) is 6.69. The Morgan fingerprint density at radius 3 is 2.56 bits per heavy atom. The molecule has 0 aliphatic heterocycles. The number of likely N-dealkylation sites (N-methyl/N-ethyl adjacent to an activating group) is 1. The predicted molar refractivity (Wildman–Crippen MR) is 98.2 cm³/mol. The Morgan fingerprint density at radius 1 is 1.16 bits per heavy atom.